The lowest BCUT2D eigenvalue weighted by molar-refractivity contribution is 0.415. The van der Waals surface area contributed by atoms with Gasteiger partial charge in [0.05, 0.1) is 24.7 Å². The van der Waals surface area contributed by atoms with Crippen LogP contribution in [0.2, 0.25) is 0 Å². The van der Waals surface area contributed by atoms with Crippen molar-refractivity contribution in [2.75, 3.05) is 7.11 Å². The Morgan fingerprint density at radius 2 is 1.86 bits per heavy atom. The fourth-order valence-corrected chi connectivity index (χ4v) is 4.38. The molecule has 1 aliphatic rings. The molecule has 0 atom stereocenters. The Morgan fingerprint density at radius 3 is 2.64 bits per heavy atom. The van der Waals surface area contributed by atoms with Gasteiger partial charge in [-0.1, -0.05) is 30.3 Å². The Balaban J connectivity index is 1.51. The molecule has 2 heterocycles. The summed E-state index contributed by atoms with van der Waals surface area (Å²) in [6.45, 7) is 0. The molecule has 5 rings (SSSR count). The molecule has 2 aromatic carbocycles. The van der Waals surface area contributed by atoms with Gasteiger partial charge in [-0.05, 0) is 59.9 Å². The van der Waals surface area contributed by atoms with E-state index in [1.807, 2.05) is 41.2 Å². The van der Waals surface area contributed by atoms with Gasteiger partial charge >= 0.3 is 0 Å². The molecule has 4 aromatic rings. The van der Waals surface area contributed by atoms with E-state index in [0.717, 1.165) is 35.0 Å². The number of nitrogens with zero attached hydrogens (tertiary/aromatic N) is 3. The van der Waals surface area contributed by atoms with Crippen molar-refractivity contribution in [3.8, 4) is 22.1 Å². The SMILES string of the molecule is COc1ccc(-c2csc(-n3ncc4c3C(=Cc3ccccc3)CC4)n2)cc1. The van der Waals surface area contributed by atoms with E-state index in [4.69, 9.17) is 9.72 Å². The Hall–Kier alpha value is -3.18. The molecule has 0 fully saturated rings. The molecular formula is C23H19N3OS. The minimum Gasteiger partial charge on any atom is -0.497 e. The molecule has 0 saturated heterocycles. The lowest BCUT2D eigenvalue weighted by atomic mass is 10.1. The number of aromatic nitrogens is 3. The monoisotopic (exact) mass is 385 g/mol. The maximum Gasteiger partial charge on any atom is 0.211 e. The lowest BCUT2D eigenvalue weighted by Crippen LogP contribution is -2.00. The highest BCUT2D eigenvalue weighted by atomic mass is 32.1. The zero-order valence-electron chi connectivity index (χ0n) is 15.5. The second-order valence-electron chi connectivity index (χ2n) is 6.75. The van der Waals surface area contributed by atoms with Gasteiger partial charge < -0.3 is 4.74 Å². The van der Waals surface area contributed by atoms with E-state index < -0.39 is 0 Å². The highest BCUT2D eigenvalue weighted by Gasteiger charge is 2.24. The van der Waals surface area contributed by atoms with Gasteiger partial charge in [0.25, 0.3) is 0 Å². The average Bonchev–Trinajstić information content (AvgIpc) is 3.46. The van der Waals surface area contributed by atoms with E-state index in [0.29, 0.717) is 0 Å². The molecule has 2 aromatic heterocycles. The lowest BCUT2D eigenvalue weighted by Gasteiger charge is -2.05. The Kier molecular flexibility index (Phi) is 4.29. The summed E-state index contributed by atoms with van der Waals surface area (Å²) in [5.74, 6) is 0.847. The molecule has 0 unspecified atom stereocenters. The van der Waals surface area contributed by atoms with E-state index in [1.165, 1.54) is 22.4 Å². The van der Waals surface area contributed by atoms with Crippen LogP contribution in [-0.4, -0.2) is 21.9 Å². The number of ether oxygens (including phenoxy) is 1. The number of fused-ring (bicyclic) bond motifs is 1. The second kappa shape index (κ2) is 7.09. The van der Waals surface area contributed by atoms with E-state index in [9.17, 15) is 0 Å². The smallest absolute Gasteiger partial charge is 0.211 e. The Bertz CT molecular complexity index is 1140. The summed E-state index contributed by atoms with van der Waals surface area (Å²) >= 11 is 1.62. The Labute approximate surface area is 167 Å². The van der Waals surface area contributed by atoms with Crippen LogP contribution in [-0.2, 0) is 6.42 Å². The zero-order chi connectivity index (χ0) is 18.9. The van der Waals surface area contributed by atoms with Crippen LogP contribution in [0.25, 0.3) is 28.0 Å². The minimum absolute atomic E-state index is 0.847. The van der Waals surface area contributed by atoms with Crippen LogP contribution >= 0.6 is 11.3 Å². The summed E-state index contributed by atoms with van der Waals surface area (Å²) in [4.78, 5) is 4.85. The number of thiazole rings is 1. The number of rotatable bonds is 4. The molecule has 0 aliphatic heterocycles. The predicted octanol–water partition coefficient (Wildman–Crippen LogP) is 5.49. The standard InChI is InChI=1S/C23H19N3OS/c1-27-20-11-9-17(10-12-20)21-15-28-23(25-21)26-22-18(7-8-19(22)14-24-26)13-16-5-3-2-4-6-16/h2-6,9-15H,7-8H2,1H3. The summed E-state index contributed by atoms with van der Waals surface area (Å²) < 4.78 is 7.24. The van der Waals surface area contributed by atoms with Gasteiger partial charge in [-0.2, -0.15) is 5.10 Å². The molecular weight excluding hydrogens is 366 g/mol. The van der Waals surface area contributed by atoms with E-state index in [1.54, 1.807) is 18.4 Å². The fourth-order valence-electron chi connectivity index (χ4n) is 3.59. The van der Waals surface area contributed by atoms with Crippen molar-refractivity contribution in [1.82, 2.24) is 14.8 Å². The van der Waals surface area contributed by atoms with Crippen LogP contribution < -0.4 is 4.74 Å². The van der Waals surface area contributed by atoms with Crippen LogP contribution in [0.4, 0.5) is 0 Å². The van der Waals surface area contributed by atoms with Gasteiger partial charge in [0.15, 0.2) is 0 Å². The fraction of sp³-hybridized carbons (Fsp3) is 0.130. The van der Waals surface area contributed by atoms with Crippen molar-refractivity contribution in [3.05, 3.63) is 83.0 Å². The van der Waals surface area contributed by atoms with E-state index in [2.05, 4.69) is 40.8 Å². The van der Waals surface area contributed by atoms with Crippen molar-refractivity contribution < 1.29 is 4.74 Å². The molecule has 1 aliphatic carbocycles. The zero-order valence-corrected chi connectivity index (χ0v) is 16.3. The maximum absolute atomic E-state index is 5.24. The van der Waals surface area contributed by atoms with Crippen molar-refractivity contribution >= 4 is 23.0 Å². The van der Waals surface area contributed by atoms with Crippen LogP contribution in [0.15, 0.2) is 66.2 Å². The van der Waals surface area contributed by atoms with Gasteiger partial charge in [-0.3, -0.25) is 0 Å². The maximum atomic E-state index is 5.24. The molecule has 0 saturated carbocycles. The number of methoxy groups -OCH3 is 1. The topological polar surface area (TPSA) is 39.9 Å². The molecule has 0 N–H and O–H groups in total. The van der Waals surface area contributed by atoms with Gasteiger partial charge in [0.1, 0.15) is 5.75 Å². The van der Waals surface area contributed by atoms with E-state index in [-0.39, 0.29) is 0 Å². The first-order valence-corrected chi connectivity index (χ1v) is 10.1. The van der Waals surface area contributed by atoms with Crippen LogP contribution in [0.3, 0.4) is 0 Å². The summed E-state index contributed by atoms with van der Waals surface area (Å²) in [6, 6.07) is 18.4. The third-order valence-corrected chi connectivity index (χ3v) is 5.83. The summed E-state index contributed by atoms with van der Waals surface area (Å²) in [7, 11) is 1.68. The first kappa shape index (κ1) is 17.0. The molecule has 0 radical (unpaired) electrons. The highest BCUT2D eigenvalue weighted by molar-refractivity contribution is 7.12. The minimum atomic E-state index is 0.847. The van der Waals surface area contributed by atoms with Crippen LogP contribution in [0.1, 0.15) is 23.2 Å². The highest BCUT2D eigenvalue weighted by Crippen LogP contribution is 2.36. The third-order valence-electron chi connectivity index (χ3n) is 5.01. The van der Waals surface area contributed by atoms with E-state index >= 15 is 0 Å². The normalized spacial score (nSPS) is 14.4. The summed E-state index contributed by atoms with van der Waals surface area (Å²) in [5.41, 5.74) is 7.06. The molecule has 5 heteroatoms. The molecule has 0 spiro atoms. The summed E-state index contributed by atoms with van der Waals surface area (Å²) in [5, 5.41) is 7.62. The predicted molar refractivity (Wildman–Crippen MR) is 114 cm³/mol. The molecule has 4 nitrogen and oxygen atoms in total. The van der Waals surface area contributed by atoms with Crippen molar-refractivity contribution in [3.63, 3.8) is 0 Å². The molecule has 0 bridgehead atoms. The van der Waals surface area contributed by atoms with Crippen LogP contribution in [0, 0.1) is 0 Å². The second-order valence-corrected chi connectivity index (χ2v) is 7.59. The first-order valence-electron chi connectivity index (χ1n) is 9.25. The van der Waals surface area contributed by atoms with Gasteiger partial charge in [0.2, 0.25) is 5.13 Å². The average molecular weight is 385 g/mol. The molecule has 28 heavy (non-hydrogen) atoms. The number of aryl methyl sites for hydroxylation is 1. The van der Waals surface area contributed by atoms with Crippen molar-refractivity contribution in [1.29, 1.82) is 0 Å². The molecule has 0 amide bonds. The van der Waals surface area contributed by atoms with Crippen molar-refractivity contribution in [2.45, 2.75) is 12.8 Å². The number of hydrogen-bond acceptors (Lipinski definition) is 4. The number of allylic oxidation sites excluding steroid dienone is 1. The first-order chi connectivity index (χ1) is 13.8. The summed E-state index contributed by atoms with van der Waals surface area (Å²) in [6.07, 6.45) is 6.32. The quantitative estimate of drug-likeness (QED) is 0.466. The number of benzene rings is 2. The van der Waals surface area contributed by atoms with Crippen LogP contribution in [0.5, 0.6) is 5.75 Å². The van der Waals surface area contributed by atoms with Crippen molar-refractivity contribution in [2.24, 2.45) is 0 Å². The number of hydrogen-bond donors (Lipinski definition) is 0. The van der Waals surface area contributed by atoms with Gasteiger partial charge in [0, 0.05) is 10.9 Å². The van der Waals surface area contributed by atoms with Gasteiger partial charge in [-0.15, -0.1) is 11.3 Å². The van der Waals surface area contributed by atoms with Gasteiger partial charge in [-0.25, -0.2) is 9.67 Å². The molecule has 138 valence electrons. The third kappa shape index (κ3) is 3.04. The Morgan fingerprint density at radius 1 is 1.04 bits per heavy atom. The largest absolute Gasteiger partial charge is 0.497 e.